The molecule has 0 bridgehead atoms. The van der Waals surface area contributed by atoms with Crippen molar-refractivity contribution in [2.75, 3.05) is 11.1 Å². The zero-order valence-electron chi connectivity index (χ0n) is 12.9. The fourth-order valence-corrected chi connectivity index (χ4v) is 3.58. The van der Waals surface area contributed by atoms with Gasteiger partial charge in [0.15, 0.2) is 5.16 Å². The van der Waals surface area contributed by atoms with E-state index in [1.807, 2.05) is 48.5 Å². The predicted octanol–water partition coefficient (Wildman–Crippen LogP) is 3.00. The van der Waals surface area contributed by atoms with E-state index in [9.17, 15) is 4.79 Å². The third-order valence-electron chi connectivity index (χ3n) is 3.41. The highest BCUT2D eigenvalue weighted by Gasteiger charge is 2.12. The first-order valence-electron chi connectivity index (χ1n) is 7.40. The molecule has 25 heavy (non-hydrogen) atoms. The quantitative estimate of drug-likeness (QED) is 0.545. The highest BCUT2D eigenvalue weighted by Crippen LogP contribution is 2.22. The zero-order chi connectivity index (χ0) is 17.1. The Kier molecular flexibility index (Phi) is 4.40. The van der Waals surface area contributed by atoms with E-state index in [0.717, 1.165) is 22.9 Å². The van der Waals surface area contributed by atoms with Crippen molar-refractivity contribution < 1.29 is 4.79 Å². The van der Waals surface area contributed by atoms with E-state index in [2.05, 4.69) is 24.1 Å². The van der Waals surface area contributed by atoms with E-state index < -0.39 is 0 Å². The molecule has 1 amide bonds. The zero-order valence-corrected chi connectivity index (χ0v) is 14.5. The molecule has 0 saturated carbocycles. The maximum absolute atomic E-state index is 12.3. The molecule has 4 rings (SSSR count). The molecular formula is C16H12N6OS2. The number of hydrogen-bond donors (Lipinski definition) is 1. The van der Waals surface area contributed by atoms with Gasteiger partial charge in [-0.15, -0.1) is 0 Å². The number of nitrogens with zero attached hydrogens (tertiary/aromatic N) is 5. The molecule has 0 spiro atoms. The van der Waals surface area contributed by atoms with Crippen molar-refractivity contribution in [2.45, 2.75) is 5.16 Å². The molecule has 0 atom stereocenters. The Hall–Kier alpha value is -2.78. The molecule has 124 valence electrons. The van der Waals surface area contributed by atoms with E-state index in [1.165, 1.54) is 18.1 Å². The van der Waals surface area contributed by atoms with Crippen LogP contribution in [0.5, 0.6) is 0 Å². The van der Waals surface area contributed by atoms with Gasteiger partial charge in [0.1, 0.15) is 17.4 Å². The highest BCUT2D eigenvalue weighted by molar-refractivity contribution is 7.99. The monoisotopic (exact) mass is 368 g/mol. The third kappa shape index (κ3) is 3.37. The molecule has 4 aromatic rings. The first-order valence-corrected chi connectivity index (χ1v) is 9.12. The van der Waals surface area contributed by atoms with Crippen LogP contribution in [0.15, 0.2) is 60.0 Å². The summed E-state index contributed by atoms with van der Waals surface area (Å²) < 4.78 is 10.1. The second kappa shape index (κ2) is 6.99. The van der Waals surface area contributed by atoms with Crippen molar-refractivity contribution >= 4 is 46.1 Å². The number of anilines is 1. The van der Waals surface area contributed by atoms with Crippen molar-refractivity contribution in [2.24, 2.45) is 0 Å². The highest BCUT2D eigenvalue weighted by atomic mass is 32.2. The molecule has 0 aliphatic rings. The first kappa shape index (κ1) is 15.7. The molecule has 9 heteroatoms. The molecule has 0 fully saturated rings. The molecule has 0 unspecified atom stereocenters. The maximum Gasteiger partial charge on any atom is 0.234 e. The lowest BCUT2D eigenvalue weighted by Gasteiger charge is -2.07. The number of aromatic nitrogens is 5. The Morgan fingerprint density at radius 2 is 2.00 bits per heavy atom. The van der Waals surface area contributed by atoms with Gasteiger partial charge >= 0.3 is 0 Å². The summed E-state index contributed by atoms with van der Waals surface area (Å²) in [4.78, 5) is 16.5. The number of amides is 1. The minimum Gasteiger partial charge on any atom is -0.323 e. The lowest BCUT2D eigenvalue weighted by Crippen LogP contribution is -2.15. The van der Waals surface area contributed by atoms with Crippen LogP contribution in [0.1, 0.15) is 0 Å². The smallest absolute Gasteiger partial charge is 0.234 e. The maximum atomic E-state index is 12.3. The predicted molar refractivity (Wildman–Crippen MR) is 98.1 cm³/mol. The van der Waals surface area contributed by atoms with Gasteiger partial charge in [-0.3, -0.25) is 4.79 Å². The van der Waals surface area contributed by atoms with E-state index >= 15 is 0 Å². The van der Waals surface area contributed by atoms with Crippen molar-refractivity contribution in [3.8, 4) is 5.69 Å². The number of hydrogen-bond acceptors (Lipinski definition) is 7. The topological polar surface area (TPSA) is 85.6 Å². The largest absolute Gasteiger partial charge is 0.323 e. The molecule has 0 aliphatic heterocycles. The van der Waals surface area contributed by atoms with Gasteiger partial charge in [0.25, 0.3) is 0 Å². The number of benzene rings is 2. The number of nitrogens with one attached hydrogen (secondary N) is 1. The summed E-state index contributed by atoms with van der Waals surface area (Å²) in [5, 5.41) is 7.76. The Balaban J connectivity index is 1.45. The summed E-state index contributed by atoms with van der Waals surface area (Å²) >= 11 is 2.45. The molecule has 2 aromatic carbocycles. The van der Waals surface area contributed by atoms with Gasteiger partial charge in [0.2, 0.25) is 5.91 Å². The first-order chi connectivity index (χ1) is 12.3. The lowest BCUT2D eigenvalue weighted by atomic mass is 10.2. The normalized spacial score (nSPS) is 10.9. The van der Waals surface area contributed by atoms with Crippen LogP contribution in [-0.2, 0) is 4.79 Å². The minimum absolute atomic E-state index is 0.131. The van der Waals surface area contributed by atoms with Crippen molar-refractivity contribution in [3.63, 3.8) is 0 Å². The van der Waals surface area contributed by atoms with Crippen LogP contribution < -0.4 is 5.32 Å². The van der Waals surface area contributed by atoms with E-state index in [0.29, 0.717) is 16.4 Å². The van der Waals surface area contributed by atoms with Crippen molar-refractivity contribution in [3.05, 3.63) is 54.9 Å². The van der Waals surface area contributed by atoms with E-state index in [4.69, 9.17) is 0 Å². The van der Waals surface area contributed by atoms with Crippen LogP contribution in [0, 0.1) is 0 Å². The lowest BCUT2D eigenvalue weighted by molar-refractivity contribution is -0.113. The van der Waals surface area contributed by atoms with E-state index in [-0.39, 0.29) is 11.7 Å². The molecule has 7 nitrogen and oxygen atoms in total. The second-order valence-corrected chi connectivity index (χ2v) is 6.54. The van der Waals surface area contributed by atoms with Gasteiger partial charge in [0, 0.05) is 0 Å². The van der Waals surface area contributed by atoms with Gasteiger partial charge in [0.05, 0.1) is 28.9 Å². The van der Waals surface area contributed by atoms with Crippen LogP contribution in [0.2, 0.25) is 0 Å². The second-order valence-electron chi connectivity index (χ2n) is 5.06. The van der Waals surface area contributed by atoms with Gasteiger partial charge in [-0.1, -0.05) is 36.0 Å². The summed E-state index contributed by atoms with van der Waals surface area (Å²) in [6, 6.07) is 15.2. The van der Waals surface area contributed by atoms with Gasteiger partial charge in [-0.05, 0) is 24.3 Å². The van der Waals surface area contributed by atoms with E-state index in [1.54, 1.807) is 4.68 Å². The van der Waals surface area contributed by atoms with Crippen LogP contribution >= 0.6 is 23.5 Å². The summed E-state index contributed by atoms with van der Waals surface area (Å²) in [6.45, 7) is 0. The molecule has 0 radical (unpaired) electrons. The van der Waals surface area contributed by atoms with Gasteiger partial charge in [-0.25, -0.2) is 9.67 Å². The Morgan fingerprint density at radius 1 is 1.12 bits per heavy atom. The SMILES string of the molecule is O=C(CSc1ncnn1-c1ccccc1)Nc1cccc2nsnc12. The molecular weight excluding hydrogens is 356 g/mol. The molecule has 0 aliphatic carbocycles. The minimum atomic E-state index is -0.131. The van der Waals surface area contributed by atoms with Crippen LogP contribution in [0.25, 0.3) is 16.7 Å². The average Bonchev–Trinajstić information content (AvgIpc) is 3.30. The summed E-state index contributed by atoms with van der Waals surface area (Å²) in [5.41, 5.74) is 3.06. The van der Waals surface area contributed by atoms with Gasteiger partial charge < -0.3 is 5.32 Å². The number of carbonyl (C=O) groups excluding carboxylic acids is 1. The Bertz CT molecular complexity index is 1010. The summed E-state index contributed by atoms with van der Waals surface area (Å²) in [6.07, 6.45) is 1.48. The molecule has 0 saturated heterocycles. The van der Waals surface area contributed by atoms with Crippen molar-refractivity contribution in [1.29, 1.82) is 0 Å². The standard InChI is InChI=1S/C16H12N6OS2/c23-14(19-12-7-4-8-13-15(12)21-25-20-13)9-24-16-17-10-18-22(16)11-5-2-1-3-6-11/h1-8,10H,9H2,(H,19,23). The molecule has 1 N–H and O–H groups in total. The number of rotatable bonds is 5. The number of carbonyl (C=O) groups is 1. The molecule has 2 aromatic heterocycles. The van der Waals surface area contributed by atoms with Crippen molar-refractivity contribution in [1.82, 2.24) is 23.5 Å². The summed E-state index contributed by atoms with van der Waals surface area (Å²) in [7, 11) is 0. The average molecular weight is 368 g/mol. The number of para-hydroxylation sites is 1. The number of fused-ring (bicyclic) bond motifs is 1. The van der Waals surface area contributed by atoms with Crippen LogP contribution in [0.4, 0.5) is 5.69 Å². The van der Waals surface area contributed by atoms with Crippen LogP contribution in [-0.4, -0.2) is 35.2 Å². The van der Waals surface area contributed by atoms with Gasteiger partial charge in [-0.2, -0.15) is 13.8 Å². The Labute approximate surface area is 151 Å². The third-order valence-corrected chi connectivity index (χ3v) is 4.90. The Morgan fingerprint density at radius 3 is 2.88 bits per heavy atom. The number of thioether (sulfide) groups is 1. The molecule has 2 heterocycles. The fraction of sp³-hybridized carbons (Fsp3) is 0.0625. The summed E-state index contributed by atoms with van der Waals surface area (Å²) in [5.74, 6) is 0.0903. The van der Waals surface area contributed by atoms with Crippen LogP contribution in [0.3, 0.4) is 0 Å². The fourth-order valence-electron chi connectivity index (χ4n) is 2.30.